The van der Waals surface area contributed by atoms with Gasteiger partial charge in [-0.1, -0.05) is 12.2 Å². The van der Waals surface area contributed by atoms with Crippen LogP contribution in [0.1, 0.15) is 0 Å². The van der Waals surface area contributed by atoms with Crippen LogP contribution in [0.2, 0.25) is 0 Å². The predicted molar refractivity (Wildman–Crippen MR) is 67.4 cm³/mol. The zero-order chi connectivity index (χ0) is 14.7. The summed E-state index contributed by atoms with van der Waals surface area (Å²) in [6.07, 6.45) is 3.42. The summed E-state index contributed by atoms with van der Waals surface area (Å²) in [6, 6.07) is 0. The van der Waals surface area contributed by atoms with Gasteiger partial charge in [-0.2, -0.15) is 0 Å². The highest BCUT2D eigenvalue weighted by Gasteiger charge is 2.04. The lowest BCUT2D eigenvalue weighted by atomic mass is 10.4. The molecule has 0 aliphatic heterocycles. The monoisotopic (exact) mass is 269 g/mol. The smallest absolute Gasteiger partial charge is 0.449 e. The Bertz CT molecular complexity index is 389. The molecule has 7 nitrogen and oxygen atoms in total. The number of rotatable bonds is 8. The number of carboxylic acid groups (broad SMARTS) is 2. The maximum atomic E-state index is 10.5. The average molecular weight is 269 g/mol. The second kappa shape index (κ2) is 9.34. The number of hydrogen-bond donors (Lipinski definition) is 2. The van der Waals surface area contributed by atoms with Gasteiger partial charge < -0.3 is 24.6 Å². The Hall–Kier alpha value is -2.70. The largest absolute Gasteiger partial charge is 0.511 e. The molecule has 0 aromatic rings. The van der Waals surface area contributed by atoms with Crippen molar-refractivity contribution in [1.82, 2.24) is 4.90 Å². The maximum Gasteiger partial charge on any atom is 0.511 e. The molecule has 0 aromatic carbocycles. The van der Waals surface area contributed by atoms with E-state index in [1.165, 1.54) is 6.20 Å². The van der Waals surface area contributed by atoms with E-state index in [0.29, 0.717) is 13.1 Å². The molecule has 104 valence electrons. The summed E-state index contributed by atoms with van der Waals surface area (Å²) in [6.45, 7) is 7.98. The standard InChI is InChI=1S/C12H15NO6/c1-3-6-13(7-4-2)9-10(19-12(16)17)5-8-18-11(14)15/h3-5,8-9H,1-2,6-7H2,(H,14,15)(H,16,17). The molecule has 0 atom stereocenters. The van der Waals surface area contributed by atoms with Crippen molar-refractivity contribution in [3.05, 3.63) is 49.6 Å². The Morgan fingerprint density at radius 1 is 1.11 bits per heavy atom. The fraction of sp³-hybridized carbons (Fsp3) is 0.167. The molecule has 0 saturated carbocycles. The first-order valence-corrected chi connectivity index (χ1v) is 5.14. The number of carbonyl (C=O) groups is 2. The van der Waals surface area contributed by atoms with E-state index in [-0.39, 0.29) is 5.76 Å². The summed E-state index contributed by atoms with van der Waals surface area (Å²) in [7, 11) is 0. The molecule has 19 heavy (non-hydrogen) atoms. The topological polar surface area (TPSA) is 96.3 Å². The SMILES string of the molecule is C=CCN(C=C(C=COC(=O)O)OC(=O)O)CC=C. The summed E-state index contributed by atoms with van der Waals surface area (Å²) >= 11 is 0. The minimum absolute atomic E-state index is 0.0996. The lowest BCUT2D eigenvalue weighted by Crippen LogP contribution is -2.18. The Morgan fingerprint density at radius 3 is 2.11 bits per heavy atom. The molecular weight excluding hydrogens is 254 g/mol. The zero-order valence-electron chi connectivity index (χ0n) is 10.2. The van der Waals surface area contributed by atoms with E-state index in [4.69, 9.17) is 10.2 Å². The van der Waals surface area contributed by atoms with Gasteiger partial charge in [0.05, 0.1) is 0 Å². The predicted octanol–water partition coefficient (Wildman–Crippen LogP) is 2.40. The van der Waals surface area contributed by atoms with Crippen LogP contribution in [-0.4, -0.2) is 40.5 Å². The van der Waals surface area contributed by atoms with Crippen molar-refractivity contribution in [2.24, 2.45) is 0 Å². The van der Waals surface area contributed by atoms with E-state index in [0.717, 1.165) is 12.3 Å². The average Bonchev–Trinajstić information content (AvgIpc) is 2.28. The van der Waals surface area contributed by atoms with Crippen LogP contribution in [-0.2, 0) is 9.47 Å². The number of ether oxygens (including phenoxy) is 2. The molecule has 0 rings (SSSR count). The van der Waals surface area contributed by atoms with E-state index in [2.05, 4.69) is 22.6 Å². The molecule has 0 aromatic heterocycles. The van der Waals surface area contributed by atoms with E-state index in [9.17, 15) is 9.59 Å². The molecule has 0 radical (unpaired) electrons. The van der Waals surface area contributed by atoms with Gasteiger partial charge in [0.2, 0.25) is 0 Å². The molecule has 2 N–H and O–H groups in total. The van der Waals surface area contributed by atoms with Crippen LogP contribution in [0.3, 0.4) is 0 Å². The first-order chi connectivity index (χ1) is 8.99. The van der Waals surface area contributed by atoms with Gasteiger partial charge >= 0.3 is 12.3 Å². The Morgan fingerprint density at radius 2 is 1.68 bits per heavy atom. The van der Waals surface area contributed by atoms with Crippen LogP contribution >= 0.6 is 0 Å². The molecule has 0 fully saturated rings. The third-order valence-corrected chi connectivity index (χ3v) is 1.64. The number of hydrogen-bond acceptors (Lipinski definition) is 5. The van der Waals surface area contributed by atoms with Crippen molar-refractivity contribution in [3.63, 3.8) is 0 Å². The van der Waals surface area contributed by atoms with Gasteiger partial charge in [-0.05, 0) is 0 Å². The van der Waals surface area contributed by atoms with Crippen molar-refractivity contribution < 1.29 is 29.3 Å². The molecule has 0 bridgehead atoms. The van der Waals surface area contributed by atoms with Crippen molar-refractivity contribution >= 4 is 12.3 Å². The Balaban J connectivity index is 4.90. The van der Waals surface area contributed by atoms with Gasteiger partial charge in [-0.3, -0.25) is 0 Å². The van der Waals surface area contributed by atoms with Gasteiger partial charge in [0.15, 0.2) is 5.76 Å². The zero-order valence-corrected chi connectivity index (χ0v) is 10.2. The second-order valence-electron chi connectivity index (χ2n) is 3.12. The highest BCUT2D eigenvalue weighted by Crippen LogP contribution is 2.04. The summed E-state index contributed by atoms with van der Waals surface area (Å²) in [5, 5.41) is 16.8. The summed E-state index contributed by atoms with van der Waals surface area (Å²) in [4.78, 5) is 22.3. The highest BCUT2D eigenvalue weighted by atomic mass is 16.7. The summed E-state index contributed by atoms with van der Waals surface area (Å²) in [5.74, 6) is -0.0996. The molecule has 0 aliphatic carbocycles. The molecule has 0 spiro atoms. The molecule has 7 heteroatoms. The molecule has 0 unspecified atom stereocenters. The third-order valence-electron chi connectivity index (χ3n) is 1.64. The minimum Gasteiger partial charge on any atom is -0.449 e. The van der Waals surface area contributed by atoms with Crippen LogP contribution in [0.5, 0.6) is 0 Å². The van der Waals surface area contributed by atoms with E-state index < -0.39 is 12.3 Å². The molecule has 0 heterocycles. The molecule has 0 saturated heterocycles. The van der Waals surface area contributed by atoms with Crippen LogP contribution < -0.4 is 0 Å². The molecular formula is C12H15NO6. The Labute approximate surface area is 110 Å². The lowest BCUT2D eigenvalue weighted by molar-refractivity contribution is 0.119. The first kappa shape index (κ1) is 16.3. The fourth-order valence-electron chi connectivity index (χ4n) is 1.06. The van der Waals surface area contributed by atoms with Gasteiger partial charge in [0.25, 0.3) is 0 Å². The number of nitrogens with zero attached hydrogens (tertiary/aromatic N) is 1. The maximum absolute atomic E-state index is 10.5. The normalized spacial score (nSPS) is 10.8. The fourth-order valence-corrected chi connectivity index (χ4v) is 1.06. The quantitative estimate of drug-likeness (QED) is 0.302. The highest BCUT2D eigenvalue weighted by molar-refractivity contribution is 5.59. The first-order valence-electron chi connectivity index (χ1n) is 5.14. The van der Waals surface area contributed by atoms with Crippen LogP contribution in [0.25, 0.3) is 0 Å². The van der Waals surface area contributed by atoms with Gasteiger partial charge in [-0.25, -0.2) is 9.59 Å². The minimum atomic E-state index is -1.52. The summed E-state index contributed by atoms with van der Waals surface area (Å²) in [5.41, 5.74) is 0. The van der Waals surface area contributed by atoms with E-state index in [1.807, 2.05) is 0 Å². The van der Waals surface area contributed by atoms with Crippen molar-refractivity contribution in [3.8, 4) is 0 Å². The van der Waals surface area contributed by atoms with Crippen LogP contribution in [0.15, 0.2) is 49.6 Å². The summed E-state index contributed by atoms with van der Waals surface area (Å²) < 4.78 is 8.58. The Kier molecular flexibility index (Phi) is 8.01. The number of allylic oxidation sites excluding steroid dienone is 1. The van der Waals surface area contributed by atoms with Gasteiger partial charge in [-0.15, -0.1) is 13.2 Å². The molecule has 0 amide bonds. The van der Waals surface area contributed by atoms with Crippen LogP contribution in [0, 0.1) is 0 Å². The van der Waals surface area contributed by atoms with E-state index in [1.54, 1.807) is 17.1 Å². The second-order valence-corrected chi connectivity index (χ2v) is 3.12. The molecule has 0 aliphatic rings. The third kappa shape index (κ3) is 9.04. The van der Waals surface area contributed by atoms with Gasteiger partial charge in [0.1, 0.15) is 6.26 Å². The van der Waals surface area contributed by atoms with Crippen molar-refractivity contribution in [1.29, 1.82) is 0 Å². The van der Waals surface area contributed by atoms with Gasteiger partial charge in [0, 0.05) is 25.4 Å². The van der Waals surface area contributed by atoms with Crippen LogP contribution in [0.4, 0.5) is 9.59 Å². The lowest BCUT2D eigenvalue weighted by Gasteiger charge is -2.16. The van der Waals surface area contributed by atoms with Crippen molar-refractivity contribution in [2.45, 2.75) is 0 Å². The van der Waals surface area contributed by atoms with E-state index >= 15 is 0 Å². The van der Waals surface area contributed by atoms with Crippen molar-refractivity contribution in [2.75, 3.05) is 13.1 Å².